The molecule has 88 valence electrons. The average molecular weight is 237 g/mol. The zero-order valence-electron chi connectivity index (χ0n) is 9.67. The Labute approximate surface area is 102 Å². The van der Waals surface area contributed by atoms with E-state index in [1.807, 2.05) is 42.1 Å². The van der Waals surface area contributed by atoms with Crippen molar-refractivity contribution in [3.8, 4) is 0 Å². The molecular formula is C13H19NOS. The largest absolute Gasteiger partial charge is 0.387 e. The van der Waals surface area contributed by atoms with Gasteiger partial charge in [-0.15, -0.1) is 0 Å². The highest BCUT2D eigenvalue weighted by Crippen LogP contribution is 2.23. The summed E-state index contributed by atoms with van der Waals surface area (Å²) >= 11 is 2.01. The lowest BCUT2D eigenvalue weighted by Gasteiger charge is -2.26. The summed E-state index contributed by atoms with van der Waals surface area (Å²) in [5.41, 5.74) is 1.01. The molecule has 0 radical (unpaired) electrons. The first kappa shape index (κ1) is 12.0. The summed E-state index contributed by atoms with van der Waals surface area (Å²) in [4.78, 5) is 2.29. The van der Waals surface area contributed by atoms with Gasteiger partial charge >= 0.3 is 0 Å². The van der Waals surface area contributed by atoms with Gasteiger partial charge < -0.3 is 5.11 Å². The minimum absolute atomic E-state index is 0.364. The third-order valence-corrected chi connectivity index (χ3v) is 4.32. The maximum absolute atomic E-state index is 10.1. The van der Waals surface area contributed by atoms with Crippen LogP contribution in [0.1, 0.15) is 18.1 Å². The monoisotopic (exact) mass is 237 g/mol. The molecule has 2 nitrogen and oxygen atoms in total. The van der Waals surface area contributed by atoms with Gasteiger partial charge in [-0.1, -0.05) is 30.3 Å². The number of benzene rings is 1. The SMILES string of the molecule is CN(CC(O)c1ccccc1)C1CCSC1. The van der Waals surface area contributed by atoms with E-state index < -0.39 is 0 Å². The minimum atomic E-state index is -0.364. The number of aliphatic hydroxyl groups is 1. The van der Waals surface area contributed by atoms with Gasteiger partial charge in [0.15, 0.2) is 0 Å². The van der Waals surface area contributed by atoms with E-state index >= 15 is 0 Å². The van der Waals surface area contributed by atoms with Crippen LogP contribution in [0.5, 0.6) is 0 Å². The predicted molar refractivity (Wildman–Crippen MR) is 69.8 cm³/mol. The topological polar surface area (TPSA) is 23.5 Å². The van der Waals surface area contributed by atoms with Gasteiger partial charge in [0.05, 0.1) is 6.10 Å². The number of hydrogen-bond acceptors (Lipinski definition) is 3. The number of nitrogens with zero attached hydrogens (tertiary/aromatic N) is 1. The molecule has 0 saturated carbocycles. The Morgan fingerprint density at radius 2 is 2.19 bits per heavy atom. The van der Waals surface area contributed by atoms with Crippen molar-refractivity contribution in [2.75, 3.05) is 25.1 Å². The van der Waals surface area contributed by atoms with Crippen LogP contribution in [0.25, 0.3) is 0 Å². The summed E-state index contributed by atoms with van der Waals surface area (Å²) in [5, 5.41) is 10.1. The highest BCUT2D eigenvalue weighted by atomic mass is 32.2. The van der Waals surface area contributed by atoms with Gasteiger partial charge in [-0.05, 0) is 24.8 Å². The number of likely N-dealkylation sites (N-methyl/N-ethyl adjacent to an activating group) is 1. The molecule has 1 N–H and O–H groups in total. The summed E-state index contributed by atoms with van der Waals surface area (Å²) in [5.74, 6) is 2.47. The quantitative estimate of drug-likeness (QED) is 0.868. The highest BCUT2D eigenvalue weighted by Gasteiger charge is 2.22. The van der Waals surface area contributed by atoms with Gasteiger partial charge in [0.2, 0.25) is 0 Å². The van der Waals surface area contributed by atoms with Gasteiger partial charge in [0, 0.05) is 18.3 Å². The normalized spacial score (nSPS) is 22.6. The summed E-state index contributed by atoms with van der Waals surface area (Å²) in [6, 6.07) is 10.6. The molecular weight excluding hydrogens is 218 g/mol. The van der Waals surface area contributed by atoms with Gasteiger partial charge in [-0.2, -0.15) is 11.8 Å². The van der Waals surface area contributed by atoms with Crippen molar-refractivity contribution >= 4 is 11.8 Å². The number of hydrogen-bond donors (Lipinski definition) is 1. The number of rotatable bonds is 4. The third kappa shape index (κ3) is 3.00. The van der Waals surface area contributed by atoms with Crippen LogP contribution in [-0.4, -0.2) is 41.1 Å². The zero-order valence-corrected chi connectivity index (χ0v) is 10.5. The standard InChI is InChI=1S/C13H19NOS/c1-14(12-7-8-16-10-12)9-13(15)11-5-3-2-4-6-11/h2-6,12-13,15H,7-10H2,1H3. The van der Waals surface area contributed by atoms with Crippen molar-refractivity contribution in [2.24, 2.45) is 0 Å². The Hall–Kier alpha value is -0.510. The predicted octanol–water partition coefficient (Wildman–Crippen LogP) is 2.16. The highest BCUT2D eigenvalue weighted by molar-refractivity contribution is 7.99. The molecule has 0 amide bonds. The first-order valence-electron chi connectivity index (χ1n) is 5.78. The molecule has 1 aliphatic rings. The van der Waals surface area contributed by atoms with E-state index in [4.69, 9.17) is 0 Å². The Balaban J connectivity index is 1.89. The molecule has 3 heteroatoms. The first-order valence-corrected chi connectivity index (χ1v) is 6.94. The molecule has 16 heavy (non-hydrogen) atoms. The summed E-state index contributed by atoms with van der Waals surface area (Å²) < 4.78 is 0. The molecule has 1 fully saturated rings. The first-order chi connectivity index (χ1) is 7.77. The van der Waals surface area contributed by atoms with Crippen LogP contribution in [0.3, 0.4) is 0 Å². The smallest absolute Gasteiger partial charge is 0.0916 e. The lowest BCUT2D eigenvalue weighted by molar-refractivity contribution is 0.110. The molecule has 0 aromatic heterocycles. The van der Waals surface area contributed by atoms with Crippen molar-refractivity contribution in [1.82, 2.24) is 4.90 Å². The lowest BCUT2D eigenvalue weighted by Crippen LogP contribution is -2.34. The summed E-state index contributed by atoms with van der Waals surface area (Å²) in [6.45, 7) is 0.731. The number of thioether (sulfide) groups is 1. The second-order valence-electron chi connectivity index (χ2n) is 4.38. The van der Waals surface area contributed by atoms with Gasteiger partial charge in [-0.25, -0.2) is 0 Å². The van der Waals surface area contributed by atoms with Crippen molar-refractivity contribution < 1.29 is 5.11 Å². The average Bonchev–Trinajstić information content (AvgIpc) is 2.83. The molecule has 1 aliphatic heterocycles. The molecule has 0 spiro atoms. The molecule has 2 rings (SSSR count). The molecule has 1 aromatic carbocycles. The van der Waals surface area contributed by atoms with Crippen LogP contribution in [0.4, 0.5) is 0 Å². The van der Waals surface area contributed by atoms with E-state index in [9.17, 15) is 5.11 Å². The van der Waals surface area contributed by atoms with E-state index in [1.165, 1.54) is 17.9 Å². The molecule has 1 saturated heterocycles. The molecule has 0 aliphatic carbocycles. The van der Waals surface area contributed by atoms with E-state index in [-0.39, 0.29) is 6.10 Å². The fourth-order valence-corrected chi connectivity index (χ4v) is 3.37. The van der Waals surface area contributed by atoms with Crippen molar-refractivity contribution in [1.29, 1.82) is 0 Å². The van der Waals surface area contributed by atoms with Crippen molar-refractivity contribution in [2.45, 2.75) is 18.6 Å². The van der Waals surface area contributed by atoms with E-state index in [0.29, 0.717) is 6.04 Å². The third-order valence-electron chi connectivity index (χ3n) is 3.17. The second kappa shape index (κ2) is 5.71. The van der Waals surface area contributed by atoms with Crippen LogP contribution < -0.4 is 0 Å². The molecule has 0 bridgehead atoms. The molecule has 2 atom stereocenters. The van der Waals surface area contributed by atoms with Crippen LogP contribution in [0.15, 0.2) is 30.3 Å². The van der Waals surface area contributed by atoms with Gasteiger partial charge in [0.25, 0.3) is 0 Å². The summed E-state index contributed by atoms with van der Waals surface area (Å²) in [6.07, 6.45) is 0.889. The summed E-state index contributed by atoms with van der Waals surface area (Å²) in [7, 11) is 2.11. The van der Waals surface area contributed by atoms with E-state index in [2.05, 4.69) is 11.9 Å². The van der Waals surface area contributed by atoms with Crippen molar-refractivity contribution in [3.63, 3.8) is 0 Å². The second-order valence-corrected chi connectivity index (χ2v) is 5.53. The van der Waals surface area contributed by atoms with Gasteiger partial charge in [0.1, 0.15) is 0 Å². The van der Waals surface area contributed by atoms with E-state index in [0.717, 1.165) is 12.1 Å². The Morgan fingerprint density at radius 1 is 1.44 bits per heavy atom. The Morgan fingerprint density at radius 3 is 2.81 bits per heavy atom. The van der Waals surface area contributed by atoms with Crippen LogP contribution in [0, 0.1) is 0 Å². The van der Waals surface area contributed by atoms with Crippen molar-refractivity contribution in [3.05, 3.63) is 35.9 Å². The van der Waals surface area contributed by atoms with E-state index in [1.54, 1.807) is 0 Å². The van der Waals surface area contributed by atoms with Gasteiger partial charge in [-0.3, -0.25) is 4.90 Å². The molecule has 1 heterocycles. The Bertz CT molecular complexity index is 311. The minimum Gasteiger partial charge on any atom is -0.387 e. The van der Waals surface area contributed by atoms with Crippen LogP contribution >= 0.6 is 11.8 Å². The fraction of sp³-hybridized carbons (Fsp3) is 0.538. The maximum Gasteiger partial charge on any atom is 0.0916 e. The number of aliphatic hydroxyl groups excluding tert-OH is 1. The molecule has 2 unspecified atom stereocenters. The zero-order chi connectivity index (χ0) is 11.4. The fourth-order valence-electron chi connectivity index (χ4n) is 2.07. The lowest BCUT2D eigenvalue weighted by atomic mass is 10.1. The Kier molecular flexibility index (Phi) is 4.27. The molecule has 1 aromatic rings. The van der Waals surface area contributed by atoms with Crippen LogP contribution in [0.2, 0.25) is 0 Å². The maximum atomic E-state index is 10.1. The van der Waals surface area contributed by atoms with Crippen LogP contribution in [-0.2, 0) is 0 Å².